The molecule has 3 heterocycles. The van der Waals surface area contributed by atoms with Gasteiger partial charge in [0.1, 0.15) is 0 Å². The lowest BCUT2D eigenvalue weighted by atomic mass is 9.82. The van der Waals surface area contributed by atoms with Crippen molar-refractivity contribution in [2.75, 3.05) is 0 Å². The Morgan fingerprint density at radius 3 is 1.81 bits per heavy atom. The fraction of sp³-hybridized carbons (Fsp3) is 0.0625. The summed E-state index contributed by atoms with van der Waals surface area (Å²) in [6.45, 7) is 4.43. The van der Waals surface area contributed by atoms with E-state index in [0.717, 1.165) is 66.0 Å². The van der Waals surface area contributed by atoms with Gasteiger partial charge in [-0.3, -0.25) is 4.57 Å². The van der Waals surface area contributed by atoms with Crippen molar-refractivity contribution in [1.82, 2.24) is 24.1 Å². The highest BCUT2D eigenvalue weighted by molar-refractivity contribution is 6.28. The van der Waals surface area contributed by atoms with Crippen molar-refractivity contribution >= 4 is 43.6 Å². The van der Waals surface area contributed by atoms with E-state index in [2.05, 4.69) is 109 Å². The minimum Gasteiger partial charge on any atom is -0.309 e. The van der Waals surface area contributed by atoms with Crippen LogP contribution in [0.25, 0.3) is 89.2 Å². The molecule has 5 nitrogen and oxygen atoms in total. The Morgan fingerprint density at radius 2 is 1.08 bits per heavy atom. The van der Waals surface area contributed by atoms with E-state index in [9.17, 15) is 0 Å². The highest BCUT2D eigenvalue weighted by atomic mass is 15.2. The van der Waals surface area contributed by atoms with Gasteiger partial charge in [-0.15, -0.1) is 0 Å². The van der Waals surface area contributed by atoms with Gasteiger partial charge in [0, 0.05) is 43.8 Å². The van der Waals surface area contributed by atoms with Crippen molar-refractivity contribution in [2.24, 2.45) is 0 Å². The molecule has 0 saturated carbocycles. The van der Waals surface area contributed by atoms with Gasteiger partial charge >= 0.3 is 0 Å². The molecule has 0 amide bonds. The van der Waals surface area contributed by atoms with Gasteiger partial charge in [0.2, 0.25) is 5.95 Å². The van der Waals surface area contributed by atoms with E-state index in [1.807, 2.05) is 47.0 Å². The average molecular weight is 685 g/mol. The monoisotopic (exact) mass is 684 g/mol. The molecule has 250 valence electrons. The predicted octanol–water partition coefficient (Wildman–Crippen LogP) is 11.7. The number of para-hydroxylation sites is 3. The van der Waals surface area contributed by atoms with Gasteiger partial charge in [0.25, 0.3) is 0 Å². The van der Waals surface area contributed by atoms with Crippen LogP contribution >= 0.6 is 0 Å². The molecule has 5 heteroatoms. The minimum absolute atomic E-state index is 0.00673. The van der Waals surface area contributed by atoms with E-state index in [4.69, 9.17) is 21.8 Å². The smallest absolute Gasteiger partial charge is 0.238 e. The van der Waals surface area contributed by atoms with Gasteiger partial charge in [-0.25, -0.2) is 4.98 Å². The molecule has 1 aliphatic rings. The van der Waals surface area contributed by atoms with E-state index >= 15 is 0 Å². The summed E-state index contributed by atoms with van der Waals surface area (Å²) in [4.78, 5) is 15.1. The first-order valence-corrected chi connectivity index (χ1v) is 17.7. The molecule has 53 heavy (non-hydrogen) atoms. The summed E-state index contributed by atoms with van der Waals surface area (Å²) < 4.78 is 47.5. The molecule has 7 aromatic carbocycles. The zero-order valence-corrected chi connectivity index (χ0v) is 28.9. The Morgan fingerprint density at radius 1 is 0.491 bits per heavy atom. The summed E-state index contributed by atoms with van der Waals surface area (Å²) in [7, 11) is 0. The number of benzene rings is 7. The highest BCUT2D eigenvalue weighted by Gasteiger charge is 2.35. The van der Waals surface area contributed by atoms with Crippen molar-refractivity contribution in [3.8, 4) is 45.5 Å². The molecule has 10 aromatic rings. The predicted molar refractivity (Wildman–Crippen MR) is 217 cm³/mol. The van der Waals surface area contributed by atoms with Crippen LogP contribution in [0.4, 0.5) is 0 Å². The van der Waals surface area contributed by atoms with E-state index in [1.54, 1.807) is 0 Å². The van der Waals surface area contributed by atoms with Crippen LogP contribution in [0, 0.1) is 0 Å². The second kappa shape index (κ2) is 11.1. The third kappa shape index (κ3) is 4.28. The van der Waals surface area contributed by atoms with Gasteiger partial charge < -0.3 is 4.57 Å². The Balaban J connectivity index is 1.23. The third-order valence-corrected chi connectivity index (χ3v) is 10.9. The Hall–Kier alpha value is -6.85. The summed E-state index contributed by atoms with van der Waals surface area (Å²) in [5, 5.41) is 4.23. The fourth-order valence-electron chi connectivity index (χ4n) is 8.50. The van der Waals surface area contributed by atoms with Gasteiger partial charge in [0.05, 0.1) is 28.9 Å². The van der Waals surface area contributed by atoms with Crippen LogP contribution in [-0.4, -0.2) is 24.1 Å². The SMILES string of the molecule is [2H]c1c([2H])c([2H])c(-c2nc(-c3ccc4c(c3)C(C)(C)c3ccccc3-4)nc(-n3c4ccccc4c4c5c6ccccc6n(-c6ccccc6)c5ccc43)n2)c([2H])c1[2H]. The molecule has 0 saturated heterocycles. The van der Waals surface area contributed by atoms with E-state index in [0.29, 0.717) is 5.82 Å². The molecule has 0 N–H and O–H groups in total. The van der Waals surface area contributed by atoms with Crippen LogP contribution in [0.3, 0.4) is 0 Å². The average Bonchev–Trinajstić information content (AvgIpc) is 3.85. The molecule has 0 radical (unpaired) electrons. The second-order valence-electron chi connectivity index (χ2n) is 14.1. The summed E-state index contributed by atoms with van der Waals surface area (Å²) in [5.74, 6) is 0.592. The number of aromatic nitrogens is 5. The molecule has 3 aromatic heterocycles. The number of hydrogen-bond donors (Lipinski definition) is 0. The first-order valence-electron chi connectivity index (χ1n) is 20.2. The lowest BCUT2D eigenvalue weighted by Gasteiger charge is -2.21. The molecule has 0 atom stereocenters. The van der Waals surface area contributed by atoms with Crippen LogP contribution in [0.1, 0.15) is 31.8 Å². The number of rotatable bonds is 4. The molecular formula is C48H33N5. The molecule has 0 spiro atoms. The van der Waals surface area contributed by atoms with Crippen LogP contribution in [-0.2, 0) is 5.41 Å². The Kier molecular flexibility index (Phi) is 5.26. The lowest BCUT2D eigenvalue weighted by molar-refractivity contribution is 0.660. The quantitative estimate of drug-likeness (QED) is 0.185. The Bertz CT molecular complexity index is 3360. The zero-order valence-electron chi connectivity index (χ0n) is 33.9. The maximum absolute atomic E-state index is 8.94. The summed E-state index contributed by atoms with van der Waals surface area (Å²) in [6, 6.07) is 43.7. The normalized spacial score (nSPS) is 14.6. The number of nitrogens with zero attached hydrogens (tertiary/aromatic N) is 5. The van der Waals surface area contributed by atoms with E-state index in [-0.39, 0.29) is 34.8 Å². The first-order chi connectivity index (χ1) is 28.1. The van der Waals surface area contributed by atoms with Crippen LogP contribution < -0.4 is 0 Å². The molecule has 0 unspecified atom stereocenters. The van der Waals surface area contributed by atoms with Gasteiger partial charge in [-0.1, -0.05) is 135 Å². The zero-order chi connectivity index (χ0) is 39.6. The Labute approximate surface area is 313 Å². The highest BCUT2D eigenvalue weighted by Crippen LogP contribution is 2.49. The molecular weight excluding hydrogens is 647 g/mol. The number of fused-ring (bicyclic) bond motifs is 10. The van der Waals surface area contributed by atoms with Crippen molar-refractivity contribution in [3.63, 3.8) is 0 Å². The molecule has 11 rings (SSSR count). The summed E-state index contributed by atoms with van der Waals surface area (Å²) in [6.07, 6.45) is 0. The van der Waals surface area contributed by atoms with Gasteiger partial charge in [0.15, 0.2) is 11.6 Å². The van der Waals surface area contributed by atoms with Crippen molar-refractivity contribution in [2.45, 2.75) is 19.3 Å². The van der Waals surface area contributed by atoms with Gasteiger partial charge in [-0.2, -0.15) is 9.97 Å². The second-order valence-corrected chi connectivity index (χ2v) is 14.1. The molecule has 1 aliphatic carbocycles. The maximum Gasteiger partial charge on any atom is 0.238 e. The van der Waals surface area contributed by atoms with Crippen molar-refractivity contribution in [1.29, 1.82) is 0 Å². The lowest BCUT2D eigenvalue weighted by Crippen LogP contribution is -2.15. The fourth-order valence-corrected chi connectivity index (χ4v) is 8.50. The topological polar surface area (TPSA) is 48.5 Å². The molecule has 0 aliphatic heterocycles. The maximum atomic E-state index is 8.94. The van der Waals surface area contributed by atoms with Crippen molar-refractivity contribution in [3.05, 3.63) is 175 Å². The van der Waals surface area contributed by atoms with Crippen LogP contribution in [0.15, 0.2) is 164 Å². The summed E-state index contributed by atoms with van der Waals surface area (Å²) in [5.41, 5.74) is 9.98. The standard InChI is InChI=1S/C48H33N5/c1-48(2)37-22-12-9-19-33(37)34-26-25-31(29-38(34)48)46-49-45(30-15-5-3-6-16-30)50-47(51-46)53-40-24-14-11-21-36(40)44-42(53)28-27-41-43(44)35-20-10-13-23-39(35)52(41)32-17-7-4-8-18-32/h3-29H,1-2H3/i3D,5D,6D,15D,16D. The first kappa shape index (κ1) is 25.2. The minimum atomic E-state index is -0.477. The molecule has 0 bridgehead atoms. The largest absolute Gasteiger partial charge is 0.309 e. The van der Waals surface area contributed by atoms with Crippen LogP contribution in [0.5, 0.6) is 0 Å². The molecule has 0 fully saturated rings. The van der Waals surface area contributed by atoms with Crippen LogP contribution in [0.2, 0.25) is 0 Å². The summed E-state index contributed by atoms with van der Waals surface area (Å²) >= 11 is 0. The number of hydrogen-bond acceptors (Lipinski definition) is 3. The van der Waals surface area contributed by atoms with Gasteiger partial charge in [-0.05, 0) is 64.7 Å². The van der Waals surface area contributed by atoms with Crippen molar-refractivity contribution < 1.29 is 6.85 Å². The third-order valence-electron chi connectivity index (χ3n) is 10.9. The van der Waals surface area contributed by atoms with E-state index < -0.39 is 18.1 Å². The van der Waals surface area contributed by atoms with E-state index in [1.165, 1.54) is 11.1 Å².